The lowest BCUT2D eigenvalue weighted by Crippen LogP contribution is -2.35. The van der Waals surface area contributed by atoms with Crippen LogP contribution >= 0.6 is 23.2 Å². The zero-order valence-corrected chi connectivity index (χ0v) is 15.5. The first kappa shape index (κ1) is 18.6. The fourth-order valence-electron chi connectivity index (χ4n) is 2.48. The summed E-state index contributed by atoms with van der Waals surface area (Å²) < 4.78 is 40.6. The number of halogens is 2. The molecule has 2 atom stereocenters. The number of nitrogens with zero attached hydrogens (tertiary/aromatic N) is 3. The standard InChI is InChI=1S/C14H15Cl2N3O5S/c1-25(20,21)23-6-11-5-22-14(24-11,7-19-9-17-8-18-19)12-3-2-10(15)4-13(12)16/h2-4,8-9,11H,5-7H2,1H3/t11-,14+/m1/s1. The molecular weight excluding hydrogens is 393 g/mol. The average Bonchev–Trinajstić information content (AvgIpc) is 3.15. The summed E-state index contributed by atoms with van der Waals surface area (Å²) in [5, 5.41) is 4.89. The highest BCUT2D eigenvalue weighted by atomic mass is 35.5. The van der Waals surface area contributed by atoms with Gasteiger partial charge >= 0.3 is 0 Å². The molecule has 0 spiro atoms. The van der Waals surface area contributed by atoms with Crippen LogP contribution in [0, 0.1) is 0 Å². The van der Waals surface area contributed by atoms with Crippen LogP contribution in [0.25, 0.3) is 0 Å². The third-order valence-electron chi connectivity index (χ3n) is 3.51. The zero-order chi connectivity index (χ0) is 18.1. The third-order valence-corrected chi connectivity index (χ3v) is 4.62. The topological polar surface area (TPSA) is 92.5 Å². The smallest absolute Gasteiger partial charge is 0.264 e. The van der Waals surface area contributed by atoms with Crippen LogP contribution in [0.5, 0.6) is 0 Å². The Labute approximate surface area is 154 Å². The summed E-state index contributed by atoms with van der Waals surface area (Å²) in [6.07, 6.45) is 3.28. The van der Waals surface area contributed by atoms with Crippen LogP contribution in [0.1, 0.15) is 5.56 Å². The molecule has 0 unspecified atom stereocenters. The molecule has 1 aromatic carbocycles. The molecule has 0 bridgehead atoms. The molecule has 0 aliphatic carbocycles. The van der Waals surface area contributed by atoms with Gasteiger partial charge in [-0.25, -0.2) is 9.67 Å². The fourth-order valence-corrected chi connectivity index (χ4v) is 3.43. The first-order valence-electron chi connectivity index (χ1n) is 7.21. The Bertz CT molecular complexity index is 846. The van der Waals surface area contributed by atoms with Gasteiger partial charge in [-0.3, -0.25) is 4.18 Å². The lowest BCUT2D eigenvalue weighted by atomic mass is 10.1. The molecule has 1 saturated heterocycles. The van der Waals surface area contributed by atoms with E-state index in [4.69, 9.17) is 36.9 Å². The molecular formula is C14H15Cl2N3O5S. The Morgan fingerprint density at radius 2 is 2.24 bits per heavy atom. The van der Waals surface area contributed by atoms with Gasteiger partial charge in [-0.05, 0) is 12.1 Å². The highest BCUT2D eigenvalue weighted by molar-refractivity contribution is 7.85. The molecule has 0 amide bonds. The number of rotatable bonds is 6. The third kappa shape index (κ3) is 4.49. The highest BCUT2D eigenvalue weighted by Crippen LogP contribution is 2.40. The zero-order valence-electron chi connectivity index (χ0n) is 13.1. The molecule has 3 rings (SSSR count). The number of benzene rings is 1. The lowest BCUT2D eigenvalue weighted by Gasteiger charge is -2.29. The van der Waals surface area contributed by atoms with Crippen molar-refractivity contribution in [3.8, 4) is 0 Å². The van der Waals surface area contributed by atoms with Gasteiger partial charge < -0.3 is 9.47 Å². The fraction of sp³-hybridized carbons (Fsp3) is 0.429. The van der Waals surface area contributed by atoms with Gasteiger partial charge in [0, 0.05) is 10.6 Å². The molecule has 0 saturated carbocycles. The van der Waals surface area contributed by atoms with Crippen LogP contribution in [0.3, 0.4) is 0 Å². The number of hydrogen-bond donors (Lipinski definition) is 0. The van der Waals surface area contributed by atoms with E-state index in [0.29, 0.717) is 15.6 Å². The molecule has 11 heteroatoms. The van der Waals surface area contributed by atoms with Gasteiger partial charge in [0.2, 0.25) is 5.79 Å². The Hall–Kier alpha value is -1.23. The van der Waals surface area contributed by atoms with Gasteiger partial charge in [0.1, 0.15) is 25.3 Å². The van der Waals surface area contributed by atoms with Crippen molar-refractivity contribution in [1.82, 2.24) is 14.8 Å². The summed E-state index contributed by atoms with van der Waals surface area (Å²) in [5.74, 6) is -1.26. The summed E-state index contributed by atoms with van der Waals surface area (Å²) >= 11 is 12.3. The van der Waals surface area contributed by atoms with E-state index in [1.165, 1.54) is 17.3 Å². The second kappa shape index (κ2) is 7.18. The van der Waals surface area contributed by atoms with Crippen LogP contribution in [-0.4, -0.2) is 48.8 Å². The number of aromatic nitrogens is 3. The Morgan fingerprint density at radius 1 is 1.44 bits per heavy atom. The van der Waals surface area contributed by atoms with E-state index in [0.717, 1.165) is 6.26 Å². The molecule has 0 radical (unpaired) electrons. The molecule has 1 aliphatic heterocycles. The molecule has 136 valence electrons. The Morgan fingerprint density at radius 3 is 2.88 bits per heavy atom. The van der Waals surface area contributed by atoms with Crippen molar-refractivity contribution in [2.75, 3.05) is 19.5 Å². The molecule has 1 aliphatic rings. The summed E-state index contributed by atoms with van der Waals surface area (Å²) in [7, 11) is -3.58. The van der Waals surface area contributed by atoms with Crippen molar-refractivity contribution in [2.45, 2.75) is 18.4 Å². The minimum atomic E-state index is -3.58. The maximum absolute atomic E-state index is 11.2. The molecule has 25 heavy (non-hydrogen) atoms. The molecule has 1 fully saturated rings. The van der Waals surface area contributed by atoms with Crippen molar-refractivity contribution in [1.29, 1.82) is 0 Å². The predicted molar refractivity (Wildman–Crippen MR) is 89.8 cm³/mol. The minimum absolute atomic E-state index is 0.128. The Balaban J connectivity index is 1.88. The van der Waals surface area contributed by atoms with E-state index >= 15 is 0 Å². The maximum atomic E-state index is 11.2. The largest absolute Gasteiger partial charge is 0.342 e. The van der Waals surface area contributed by atoms with Crippen molar-refractivity contribution in [2.24, 2.45) is 0 Å². The number of hydrogen-bond acceptors (Lipinski definition) is 7. The van der Waals surface area contributed by atoms with Crippen molar-refractivity contribution < 1.29 is 22.1 Å². The average molecular weight is 408 g/mol. The van der Waals surface area contributed by atoms with Crippen LogP contribution in [-0.2, 0) is 36.1 Å². The summed E-state index contributed by atoms with van der Waals surface area (Å²) in [4.78, 5) is 3.90. The van der Waals surface area contributed by atoms with E-state index in [9.17, 15) is 8.42 Å². The number of ether oxygens (including phenoxy) is 2. The summed E-state index contributed by atoms with van der Waals surface area (Å²) in [6.45, 7) is 0.135. The van der Waals surface area contributed by atoms with E-state index in [-0.39, 0.29) is 19.8 Å². The Kier molecular flexibility index (Phi) is 5.33. The summed E-state index contributed by atoms with van der Waals surface area (Å²) in [6, 6.07) is 4.94. The molecule has 1 aromatic heterocycles. The van der Waals surface area contributed by atoms with Gasteiger partial charge in [0.25, 0.3) is 10.1 Å². The SMILES string of the molecule is CS(=O)(=O)OC[C@H]1CO[C@](Cn2cncn2)(c2ccc(Cl)cc2Cl)O1. The quantitative estimate of drug-likeness (QED) is 0.674. The van der Waals surface area contributed by atoms with E-state index in [1.54, 1.807) is 18.2 Å². The second-order valence-corrected chi connectivity index (χ2v) is 8.00. The van der Waals surface area contributed by atoms with Crippen LogP contribution in [0.2, 0.25) is 10.0 Å². The lowest BCUT2D eigenvalue weighted by molar-refractivity contribution is -0.190. The molecule has 2 heterocycles. The van der Waals surface area contributed by atoms with Crippen LogP contribution in [0.15, 0.2) is 30.9 Å². The minimum Gasteiger partial charge on any atom is -0.342 e. The first-order valence-corrected chi connectivity index (χ1v) is 9.79. The monoisotopic (exact) mass is 407 g/mol. The molecule has 2 aromatic rings. The first-order chi connectivity index (χ1) is 11.8. The summed E-state index contributed by atoms with van der Waals surface area (Å²) in [5.41, 5.74) is 0.552. The predicted octanol–water partition coefficient (Wildman–Crippen LogP) is 1.83. The van der Waals surface area contributed by atoms with Crippen molar-refractivity contribution >= 4 is 33.3 Å². The van der Waals surface area contributed by atoms with Gasteiger partial charge in [0.05, 0.1) is 24.5 Å². The normalized spacial score (nSPS) is 23.9. The molecule has 8 nitrogen and oxygen atoms in total. The van der Waals surface area contributed by atoms with Crippen LogP contribution < -0.4 is 0 Å². The van der Waals surface area contributed by atoms with E-state index in [1.807, 2.05) is 0 Å². The highest BCUT2D eigenvalue weighted by Gasteiger charge is 2.45. The van der Waals surface area contributed by atoms with Gasteiger partial charge in [-0.15, -0.1) is 0 Å². The van der Waals surface area contributed by atoms with Crippen molar-refractivity contribution in [3.05, 3.63) is 46.5 Å². The van der Waals surface area contributed by atoms with E-state index < -0.39 is 22.0 Å². The van der Waals surface area contributed by atoms with Crippen molar-refractivity contribution in [3.63, 3.8) is 0 Å². The molecule has 0 N–H and O–H groups in total. The van der Waals surface area contributed by atoms with Gasteiger partial charge in [0.15, 0.2) is 0 Å². The maximum Gasteiger partial charge on any atom is 0.264 e. The van der Waals surface area contributed by atoms with Crippen LogP contribution in [0.4, 0.5) is 0 Å². The second-order valence-electron chi connectivity index (χ2n) is 5.51. The van der Waals surface area contributed by atoms with Gasteiger partial charge in [-0.2, -0.15) is 13.5 Å². The van der Waals surface area contributed by atoms with Gasteiger partial charge in [-0.1, -0.05) is 29.3 Å². The van der Waals surface area contributed by atoms with E-state index in [2.05, 4.69) is 10.1 Å².